The summed E-state index contributed by atoms with van der Waals surface area (Å²) in [6, 6.07) is 0. The minimum atomic E-state index is -0.555. The summed E-state index contributed by atoms with van der Waals surface area (Å²) in [5, 5.41) is 9.95. The van der Waals surface area contributed by atoms with Crippen LogP contribution in [0, 0.1) is 33.5 Å². The van der Waals surface area contributed by atoms with Gasteiger partial charge in [0.2, 0.25) is 0 Å². The predicted octanol–water partition coefficient (Wildman–Crippen LogP) is 5.43. The highest BCUT2D eigenvalue weighted by Crippen LogP contribution is 2.74. The van der Waals surface area contributed by atoms with Crippen LogP contribution in [0.4, 0.5) is 0 Å². The van der Waals surface area contributed by atoms with E-state index in [4.69, 9.17) is 0 Å². The molecule has 0 aromatic carbocycles. The van der Waals surface area contributed by atoms with Crippen molar-refractivity contribution >= 4 is 5.97 Å². The highest BCUT2D eigenvalue weighted by atomic mass is 16.4. The van der Waals surface area contributed by atoms with Gasteiger partial charge in [-0.2, -0.15) is 0 Å². The molecule has 0 heterocycles. The highest BCUT2D eigenvalue weighted by molar-refractivity contribution is 5.75. The number of carboxylic acids is 1. The fourth-order valence-electron chi connectivity index (χ4n) is 7.93. The summed E-state index contributed by atoms with van der Waals surface area (Å²) >= 11 is 0. The first-order valence-corrected chi connectivity index (χ1v) is 9.58. The molecular formula is C21H32O2. The van der Waals surface area contributed by atoms with E-state index in [-0.39, 0.29) is 5.41 Å². The summed E-state index contributed by atoms with van der Waals surface area (Å²) in [6.45, 7) is 11.4. The molecule has 2 bridgehead atoms. The van der Waals surface area contributed by atoms with Crippen LogP contribution in [0.1, 0.15) is 78.6 Å². The number of hydrogen-bond donors (Lipinski definition) is 1. The van der Waals surface area contributed by atoms with Crippen molar-refractivity contribution in [1.82, 2.24) is 0 Å². The molecule has 0 aromatic rings. The third kappa shape index (κ3) is 1.79. The summed E-state index contributed by atoms with van der Waals surface area (Å²) < 4.78 is 0. The molecule has 4 aliphatic rings. The Morgan fingerprint density at radius 1 is 1.09 bits per heavy atom. The zero-order chi connectivity index (χ0) is 16.7. The maximum Gasteiger partial charge on any atom is 0.309 e. The molecule has 4 fully saturated rings. The number of carbonyl (C=O) groups is 1. The second kappa shape index (κ2) is 4.43. The monoisotopic (exact) mass is 316 g/mol. The van der Waals surface area contributed by atoms with Gasteiger partial charge in [0.1, 0.15) is 0 Å². The first-order chi connectivity index (χ1) is 10.7. The minimum absolute atomic E-state index is 0.218. The van der Waals surface area contributed by atoms with Gasteiger partial charge in [-0.15, -0.1) is 0 Å². The molecule has 1 N–H and O–H groups in total. The van der Waals surface area contributed by atoms with E-state index in [9.17, 15) is 9.90 Å². The second-order valence-electron chi connectivity index (χ2n) is 10.1. The molecule has 1 spiro atoms. The quantitative estimate of drug-likeness (QED) is 0.655. The van der Waals surface area contributed by atoms with Crippen molar-refractivity contribution in [2.75, 3.05) is 0 Å². The molecule has 0 amide bonds. The van der Waals surface area contributed by atoms with Crippen LogP contribution in [0.2, 0.25) is 0 Å². The Labute approximate surface area is 140 Å². The van der Waals surface area contributed by atoms with E-state index in [1.165, 1.54) is 44.1 Å². The van der Waals surface area contributed by atoms with E-state index in [2.05, 4.69) is 20.4 Å². The van der Waals surface area contributed by atoms with Gasteiger partial charge in [0.15, 0.2) is 0 Å². The zero-order valence-corrected chi connectivity index (χ0v) is 15.1. The number of hydrogen-bond acceptors (Lipinski definition) is 1. The molecule has 4 aliphatic carbocycles. The molecule has 2 nitrogen and oxygen atoms in total. The number of allylic oxidation sites excluding steroid dienone is 1. The van der Waals surface area contributed by atoms with Crippen LogP contribution < -0.4 is 0 Å². The Morgan fingerprint density at radius 3 is 2.48 bits per heavy atom. The lowest BCUT2D eigenvalue weighted by Crippen LogP contribution is -2.58. The first-order valence-electron chi connectivity index (χ1n) is 9.58. The molecule has 2 heteroatoms. The molecule has 0 aliphatic heterocycles. The molecular weight excluding hydrogens is 284 g/mol. The molecule has 4 saturated carbocycles. The van der Waals surface area contributed by atoms with E-state index in [0.717, 1.165) is 19.3 Å². The smallest absolute Gasteiger partial charge is 0.309 e. The minimum Gasteiger partial charge on any atom is -0.481 e. The van der Waals surface area contributed by atoms with Crippen molar-refractivity contribution in [2.45, 2.75) is 78.6 Å². The van der Waals surface area contributed by atoms with Crippen LogP contribution in [0.25, 0.3) is 0 Å². The van der Waals surface area contributed by atoms with Crippen LogP contribution in [0.3, 0.4) is 0 Å². The Kier molecular flexibility index (Phi) is 3.03. The van der Waals surface area contributed by atoms with Gasteiger partial charge in [-0.1, -0.05) is 32.4 Å². The summed E-state index contributed by atoms with van der Waals surface area (Å²) in [6.07, 6.45) is 10.6. The Hall–Kier alpha value is -0.790. The highest BCUT2D eigenvalue weighted by Gasteiger charge is 2.66. The fourth-order valence-corrected chi connectivity index (χ4v) is 7.93. The molecule has 23 heavy (non-hydrogen) atoms. The van der Waals surface area contributed by atoms with Gasteiger partial charge >= 0.3 is 5.97 Å². The van der Waals surface area contributed by atoms with Crippen molar-refractivity contribution in [3.05, 3.63) is 12.2 Å². The van der Waals surface area contributed by atoms with Crippen molar-refractivity contribution in [3.8, 4) is 0 Å². The summed E-state index contributed by atoms with van der Waals surface area (Å²) in [4.78, 5) is 12.1. The summed E-state index contributed by atoms with van der Waals surface area (Å²) in [5.74, 6) is 0.510. The molecule has 128 valence electrons. The van der Waals surface area contributed by atoms with E-state index in [1.54, 1.807) is 0 Å². The number of fused-ring (bicyclic) bond motifs is 3. The summed E-state index contributed by atoms with van der Waals surface area (Å²) in [7, 11) is 0. The first kappa shape index (κ1) is 15.7. The zero-order valence-electron chi connectivity index (χ0n) is 15.1. The van der Waals surface area contributed by atoms with Crippen LogP contribution in [-0.2, 0) is 4.79 Å². The van der Waals surface area contributed by atoms with Crippen molar-refractivity contribution in [2.24, 2.45) is 33.5 Å². The van der Waals surface area contributed by atoms with Gasteiger partial charge in [0, 0.05) is 0 Å². The number of aliphatic carboxylic acids is 1. The van der Waals surface area contributed by atoms with Gasteiger partial charge in [-0.3, -0.25) is 4.79 Å². The number of carboxylic acid groups (broad SMARTS) is 1. The standard InChI is InChI=1S/C21H32O2/c1-14-12-21-11-7-15-19(3,8-5-9-20(15,4)17(22)23)16(21)6-10-18(14,2)13-21/h15-16H,1,5-13H2,2-4H3,(H,22,23)/t15-,16-,18+,19+,20+,21+/m0/s1. The molecule has 0 aromatic heterocycles. The van der Waals surface area contributed by atoms with Crippen molar-refractivity contribution in [3.63, 3.8) is 0 Å². The SMILES string of the molecule is C=C1C[C@@]23CC[C@H]4[C@@](C)(CCC[C@@]4(C)C(=O)O)[C@@H]2CC[C@]1(C)C3. The third-order valence-electron chi connectivity index (χ3n) is 9.08. The average molecular weight is 316 g/mol. The molecule has 0 unspecified atom stereocenters. The van der Waals surface area contributed by atoms with Crippen LogP contribution in [0.15, 0.2) is 12.2 Å². The summed E-state index contributed by atoms with van der Waals surface area (Å²) in [5.41, 5.74) is 2.00. The lowest BCUT2D eigenvalue weighted by atomic mass is 9.40. The Balaban J connectivity index is 1.76. The predicted molar refractivity (Wildman–Crippen MR) is 92.1 cm³/mol. The van der Waals surface area contributed by atoms with Gasteiger partial charge in [-0.25, -0.2) is 0 Å². The normalized spacial score (nSPS) is 55.2. The van der Waals surface area contributed by atoms with Crippen LogP contribution in [0.5, 0.6) is 0 Å². The van der Waals surface area contributed by atoms with E-state index >= 15 is 0 Å². The molecule has 4 rings (SSSR count). The van der Waals surface area contributed by atoms with Gasteiger partial charge in [0.25, 0.3) is 0 Å². The lowest BCUT2D eigenvalue weighted by molar-refractivity contribution is -0.182. The van der Waals surface area contributed by atoms with E-state index in [1.807, 2.05) is 6.92 Å². The van der Waals surface area contributed by atoms with Gasteiger partial charge in [0.05, 0.1) is 5.41 Å². The topological polar surface area (TPSA) is 37.3 Å². The molecule has 6 atom stereocenters. The largest absolute Gasteiger partial charge is 0.481 e. The van der Waals surface area contributed by atoms with Gasteiger partial charge < -0.3 is 5.11 Å². The fraction of sp³-hybridized carbons (Fsp3) is 0.857. The van der Waals surface area contributed by atoms with E-state index in [0.29, 0.717) is 22.7 Å². The maximum atomic E-state index is 12.1. The second-order valence-corrected chi connectivity index (χ2v) is 10.1. The van der Waals surface area contributed by atoms with Gasteiger partial charge in [-0.05, 0) is 86.4 Å². The van der Waals surface area contributed by atoms with Crippen molar-refractivity contribution < 1.29 is 9.90 Å². The van der Waals surface area contributed by atoms with Crippen LogP contribution in [-0.4, -0.2) is 11.1 Å². The number of rotatable bonds is 1. The average Bonchev–Trinajstić information content (AvgIpc) is 2.63. The Morgan fingerprint density at radius 2 is 1.78 bits per heavy atom. The molecule has 0 saturated heterocycles. The molecule has 0 radical (unpaired) electrons. The lowest BCUT2D eigenvalue weighted by Gasteiger charge is -2.63. The van der Waals surface area contributed by atoms with Crippen molar-refractivity contribution in [1.29, 1.82) is 0 Å². The van der Waals surface area contributed by atoms with Crippen LogP contribution >= 0.6 is 0 Å². The maximum absolute atomic E-state index is 12.1. The Bertz CT molecular complexity index is 580. The third-order valence-corrected chi connectivity index (χ3v) is 9.08. The van der Waals surface area contributed by atoms with E-state index < -0.39 is 11.4 Å².